The first-order valence-electron chi connectivity index (χ1n) is 20.0. The second-order valence-corrected chi connectivity index (χ2v) is 17.4. The highest BCUT2D eigenvalue weighted by atomic mass is 35.5. The Balaban J connectivity index is 1.94. The number of esters is 1. The molecule has 0 spiro atoms. The predicted octanol–water partition coefficient (Wildman–Crippen LogP) is 10.7. The Labute approximate surface area is 354 Å². The van der Waals surface area contributed by atoms with E-state index < -0.39 is 26.8 Å². The Kier molecular flexibility index (Phi) is 19.1. The summed E-state index contributed by atoms with van der Waals surface area (Å²) in [5.74, 6) is -1.37. The van der Waals surface area contributed by atoms with Crippen molar-refractivity contribution in [2.75, 3.05) is 42.7 Å². The van der Waals surface area contributed by atoms with Crippen LogP contribution in [0.25, 0.3) is 0 Å². The van der Waals surface area contributed by atoms with Crippen molar-refractivity contribution in [2.24, 2.45) is 4.99 Å². The van der Waals surface area contributed by atoms with Gasteiger partial charge in [-0.2, -0.15) is 0 Å². The van der Waals surface area contributed by atoms with Gasteiger partial charge < -0.3 is 15.0 Å². The molecule has 0 aliphatic heterocycles. The number of amides is 1. The van der Waals surface area contributed by atoms with E-state index in [-0.39, 0.29) is 51.4 Å². The molecule has 3 rings (SSSR count). The molecule has 0 aromatic heterocycles. The van der Waals surface area contributed by atoms with Crippen molar-refractivity contribution in [3.63, 3.8) is 0 Å². The van der Waals surface area contributed by atoms with E-state index in [1.807, 2.05) is 30.9 Å². The van der Waals surface area contributed by atoms with E-state index in [4.69, 9.17) is 32.9 Å². The van der Waals surface area contributed by atoms with E-state index >= 15 is 0 Å². The van der Waals surface area contributed by atoms with Gasteiger partial charge in [0.1, 0.15) is 5.71 Å². The van der Waals surface area contributed by atoms with E-state index in [1.165, 1.54) is 50.7 Å². The molecule has 0 fully saturated rings. The first kappa shape index (κ1) is 48.3. The highest BCUT2D eigenvalue weighted by Crippen LogP contribution is 2.36. The van der Waals surface area contributed by atoms with Crippen molar-refractivity contribution >= 4 is 73.6 Å². The maximum absolute atomic E-state index is 14.5. The fourth-order valence-corrected chi connectivity index (χ4v) is 7.88. The number of hydrogen-bond acceptors (Lipinski definition) is 9. The molecule has 3 aromatic carbocycles. The number of nitro benzene ring substituents is 1. The number of nitro groups is 1. The van der Waals surface area contributed by atoms with Gasteiger partial charge in [0.15, 0.2) is 0 Å². The minimum atomic E-state index is -3.35. The number of halogens is 2. The largest absolute Gasteiger partial charge is 0.462 e. The van der Waals surface area contributed by atoms with Gasteiger partial charge in [0.05, 0.1) is 44.8 Å². The second kappa shape index (κ2) is 22.9. The molecular formula is C43H59Cl2N5O7S. The fraction of sp³-hybridized carbons (Fsp3) is 0.512. The van der Waals surface area contributed by atoms with Crippen LogP contribution in [0.1, 0.15) is 122 Å². The van der Waals surface area contributed by atoms with Crippen LogP contribution < -0.4 is 14.9 Å². The first-order valence-corrected chi connectivity index (χ1v) is 22.7. The molecule has 0 heterocycles. The van der Waals surface area contributed by atoms with Crippen LogP contribution in [0.15, 0.2) is 35.3 Å². The van der Waals surface area contributed by atoms with Gasteiger partial charge in [-0.15, -0.1) is 0 Å². The zero-order chi connectivity index (χ0) is 43.2. The van der Waals surface area contributed by atoms with Gasteiger partial charge in [0, 0.05) is 42.0 Å². The van der Waals surface area contributed by atoms with Gasteiger partial charge in [-0.1, -0.05) is 87.9 Å². The molecule has 2 N–H and O–H groups in total. The highest BCUT2D eigenvalue weighted by Gasteiger charge is 2.29. The quantitative estimate of drug-likeness (QED) is 0.0313. The zero-order valence-electron chi connectivity index (χ0n) is 35.1. The van der Waals surface area contributed by atoms with E-state index in [9.17, 15) is 28.1 Å². The van der Waals surface area contributed by atoms with Crippen LogP contribution in [0.4, 0.5) is 22.7 Å². The number of benzene rings is 3. The van der Waals surface area contributed by atoms with Crippen LogP contribution in [-0.4, -0.2) is 63.4 Å². The number of carbonyl (C=O) groups excluding carboxylic acids is 2. The molecule has 0 aliphatic carbocycles. The Bertz CT molecular complexity index is 2090. The van der Waals surface area contributed by atoms with Gasteiger partial charge in [-0.05, 0) is 95.0 Å². The maximum Gasteiger partial charge on any atom is 0.339 e. The van der Waals surface area contributed by atoms with Crippen molar-refractivity contribution in [1.82, 2.24) is 4.72 Å². The summed E-state index contributed by atoms with van der Waals surface area (Å²) in [5.41, 5.74) is 4.14. The number of carbonyl (C=O) groups is 2. The Morgan fingerprint density at radius 3 is 2.03 bits per heavy atom. The van der Waals surface area contributed by atoms with Crippen LogP contribution >= 0.6 is 23.2 Å². The van der Waals surface area contributed by atoms with E-state index in [0.29, 0.717) is 53.0 Å². The van der Waals surface area contributed by atoms with Gasteiger partial charge in [0.2, 0.25) is 10.0 Å². The fourth-order valence-electron chi connectivity index (χ4n) is 6.91. The minimum absolute atomic E-state index is 0.0276. The lowest BCUT2D eigenvalue weighted by Crippen LogP contribution is -2.34. The molecule has 318 valence electrons. The van der Waals surface area contributed by atoms with Crippen LogP contribution in [0.5, 0.6) is 0 Å². The number of nitrogens with one attached hydrogen (secondary N) is 2. The summed E-state index contributed by atoms with van der Waals surface area (Å²) in [5, 5.41) is 15.3. The molecule has 12 nitrogen and oxygen atoms in total. The molecule has 0 unspecified atom stereocenters. The summed E-state index contributed by atoms with van der Waals surface area (Å²) in [6.07, 6.45) is 12.6. The van der Waals surface area contributed by atoms with Gasteiger partial charge in [-0.25, -0.2) is 22.9 Å². The van der Waals surface area contributed by atoms with E-state index in [1.54, 1.807) is 33.8 Å². The van der Waals surface area contributed by atoms with Gasteiger partial charge in [0.25, 0.3) is 11.6 Å². The van der Waals surface area contributed by atoms with Gasteiger partial charge in [-0.3, -0.25) is 14.9 Å². The molecule has 0 saturated heterocycles. The van der Waals surface area contributed by atoms with E-state index in [0.717, 1.165) is 31.2 Å². The third kappa shape index (κ3) is 13.8. The number of aliphatic imine (C=N–C) groups is 1. The van der Waals surface area contributed by atoms with Crippen molar-refractivity contribution in [1.29, 1.82) is 0 Å². The summed E-state index contributed by atoms with van der Waals surface area (Å²) in [6.45, 7) is 14.3. The monoisotopic (exact) mass is 859 g/mol. The topological polar surface area (TPSA) is 160 Å². The van der Waals surface area contributed by atoms with Crippen molar-refractivity contribution in [3.05, 3.63) is 89.4 Å². The summed E-state index contributed by atoms with van der Waals surface area (Å²) < 4.78 is 31.3. The number of nitrogens with zero attached hydrogens (tertiary/aromatic N) is 3. The molecule has 58 heavy (non-hydrogen) atoms. The molecule has 1 amide bonds. The summed E-state index contributed by atoms with van der Waals surface area (Å²) in [6, 6.07) is 8.16. The van der Waals surface area contributed by atoms with Crippen molar-refractivity contribution in [2.45, 2.75) is 113 Å². The smallest absolute Gasteiger partial charge is 0.339 e. The summed E-state index contributed by atoms with van der Waals surface area (Å²) in [4.78, 5) is 46.4. The number of ether oxygens (including phenoxy) is 1. The number of hydrogen-bond donors (Lipinski definition) is 2. The maximum atomic E-state index is 14.5. The lowest BCUT2D eigenvalue weighted by Gasteiger charge is -2.24. The van der Waals surface area contributed by atoms with Crippen LogP contribution in [0, 0.1) is 44.7 Å². The third-order valence-corrected chi connectivity index (χ3v) is 11.7. The molecule has 0 radical (unpaired) electrons. The average Bonchev–Trinajstić information content (AvgIpc) is 3.15. The Morgan fingerprint density at radius 1 is 0.845 bits per heavy atom. The van der Waals surface area contributed by atoms with Gasteiger partial charge >= 0.3 is 5.97 Å². The normalized spacial score (nSPS) is 11.8. The molecular weight excluding hydrogens is 801 g/mol. The second-order valence-electron chi connectivity index (χ2n) is 14.7. The predicted molar refractivity (Wildman–Crippen MR) is 237 cm³/mol. The number of rotatable bonds is 23. The molecule has 0 atom stereocenters. The van der Waals surface area contributed by atoms with Crippen LogP contribution in [0.3, 0.4) is 0 Å². The zero-order valence-corrected chi connectivity index (χ0v) is 37.5. The number of sulfonamides is 1. The number of unbranched alkanes of at least 4 members (excludes halogenated alkanes) is 9. The minimum Gasteiger partial charge on any atom is -0.462 e. The lowest BCUT2D eigenvalue weighted by molar-refractivity contribution is -0.386. The number of aryl methyl sites for hydroxylation is 1. The average molecular weight is 861 g/mol. The molecule has 0 aliphatic rings. The SMILES string of the molecule is CCCCCCCCCCCCOC(=O)c1cc(NC(=O)C(=Nc2ccc(N(CC)CCNS(C)(=O)=O)cc2C)c2c(C)c(C)c(C)c([N+](=O)[O-])c2C)c(Cl)cc1Cl. The molecule has 3 aromatic rings. The number of likely N-dealkylation sites (N-methyl/N-ethyl adjacent to an activating group) is 1. The molecule has 0 saturated carbocycles. The highest BCUT2D eigenvalue weighted by molar-refractivity contribution is 7.88. The molecule has 15 heteroatoms. The summed E-state index contributed by atoms with van der Waals surface area (Å²) >= 11 is 13.0. The lowest BCUT2D eigenvalue weighted by atomic mass is 9.89. The van der Waals surface area contributed by atoms with E-state index in [2.05, 4.69) is 17.0 Å². The Hall–Kier alpha value is -4.04. The standard InChI is InChI=1S/C43H59Cl2N5O7S/c1-9-11-12-13-14-15-16-17-18-19-24-57-43(52)34-26-38(36(45)27-35(34)44)48-42(51)40(39-30(5)29(4)31(6)41(32(39)7)50(53)54)47-37-21-20-33(25-28(37)3)49(10-2)23-22-46-58(8,55)56/h20-21,25-27,46H,9-19,22-24H2,1-8H3,(H,48,51). The van der Waals surface area contributed by atoms with Crippen molar-refractivity contribution < 1.29 is 27.7 Å². The number of anilines is 2. The summed E-state index contributed by atoms with van der Waals surface area (Å²) in [7, 11) is -3.35. The van der Waals surface area contributed by atoms with Crippen molar-refractivity contribution in [3.8, 4) is 0 Å². The molecule has 0 bridgehead atoms. The van der Waals surface area contributed by atoms with Crippen LogP contribution in [-0.2, 0) is 19.6 Å². The first-order chi connectivity index (χ1) is 27.4. The third-order valence-electron chi connectivity index (χ3n) is 10.4. The van der Waals surface area contributed by atoms with Crippen LogP contribution in [0.2, 0.25) is 10.0 Å². The Morgan fingerprint density at radius 2 is 1.47 bits per heavy atom.